The summed E-state index contributed by atoms with van der Waals surface area (Å²) in [7, 11) is 3.17. The molecule has 1 aromatic carbocycles. The number of methoxy groups -OCH3 is 2. The second kappa shape index (κ2) is 7.61. The standard InChI is InChI=1S/C16H17BrN2O3S/c1-9(17)8-18-15(20)14-10(2)19-16(23-14)11-5-6-12(21-3)13(7-11)22-4/h5-7H,1,8H2,2-4H3,(H,18,20). The summed E-state index contributed by atoms with van der Waals surface area (Å²) in [5, 5.41) is 3.54. The Morgan fingerprint density at radius 2 is 2.04 bits per heavy atom. The van der Waals surface area contributed by atoms with E-state index in [2.05, 4.69) is 32.8 Å². The molecule has 0 aliphatic heterocycles. The van der Waals surface area contributed by atoms with Crippen molar-refractivity contribution in [2.45, 2.75) is 6.92 Å². The number of halogens is 1. The van der Waals surface area contributed by atoms with Crippen LogP contribution < -0.4 is 14.8 Å². The third-order valence-electron chi connectivity index (χ3n) is 3.07. The highest BCUT2D eigenvalue weighted by Gasteiger charge is 2.17. The highest BCUT2D eigenvalue weighted by Crippen LogP contribution is 2.34. The monoisotopic (exact) mass is 396 g/mol. The van der Waals surface area contributed by atoms with Crippen LogP contribution in [0.3, 0.4) is 0 Å². The Bertz CT molecular complexity index is 743. The number of aryl methyl sites for hydroxylation is 1. The Labute approximate surface area is 147 Å². The van der Waals surface area contributed by atoms with Crippen molar-refractivity contribution < 1.29 is 14.3 Å². The second-order valence-electron chi connectivity index (χ2n) is 4.70. The molecule has 0 radical (unpaired) electrons. The molecule has 1 aromatic heterocycles. The lowest BCUT2D eigenvalue weighted by atomic mass is 10.2. The van der Waals surface area contributed by atoms with Gasteiger partial charge < -0.3 is 14.8 Å². The van der Waals surface area contributed by atoms with E-state index in [1.54, 1.807) is 14.2 Å². The molecule has 2 rings (SSSR count). The van der Waals surface area contributed by atoms with E-state index in [1.165, 1.54) is 11.3 Å². The van der Waals surface area contributed by atoms with Crippen molar-refractivity contribution in [3.8, 4) is 22.1 Å². The zero-order valence-corrected chi connectivity index (χ0v) is 15.5. The molecule has 1 N–H and O–H groups in total. The molecule has 1 heterocycles. The molecule has 0 fully saturated rings. The topological polar surface area (TPSA) is 60.5 Å². The molecule has 0 unspecified atom stereocenters. The Morgan fingerprint density at radius 3 is 2.65 bits per heavy atom. The minimum atomic E-state index is -0.160. The smallest absolute Gasteiger partial charge is 0.263 e. The van der Waals surface area contributed by atoms with Crippen molar-refractivity contribution in [3.63, 3.8) is 0 Å². The predicted octanol–water partition coefficient (Wildman–Crippen LogP) is 3.77. The number of hydrogen-bond donors (Lipinski definition) is 1. The highest BCUT2D eigenvalue weighted by molar-refractivity contribution is 9.11. The van der Waals surface area contributed by atoms with Gasteiger partial charge in [0.1, 0.15) is 9.88 Å². The molecule has 0 aliphatic carbocycles. The van der Waals surface area contributed by atoms with Gasteiger partial charge in [0.25, 0.3) is 5.91 Å². The van der Waals surface area contributed by atoms with E-state index in [1.807, 2.05) is 25.1 Å². The number of carbonyl (C=O) groups excluding carboxylic acids is 1. The van der Waals surface area contributed by atoms with Gasteiger partial charge in [0, 0.05) is 16.6 Å². The van der Waals surface area contributed by atoms with Gasteiger partial charge >= 0.3 is 0 Å². The second-order valence-corrected chi connectivity index (χ2v) is 6.82. The molecular weight excluding hydrogens is 380 g/mol. The molecule has 0 atom stereocenters. The van der Waals surface area contributed by atoms with E-state index in [-0.39, 0.29) is 5.91 Å². The van der Waals surface area contributed by atoms with Crippen LogP contribution in [0.5, 0.6) is 11.5 Å². The Morgan fingerprint density at radius 1 is 1.35 bits per heavy atom. The zero-order chi connectivity index (χ0) is 17.0. The number of aromatic nitrogens is 1. The van der Waals surface area contributed by atoms with Gasteiger partial charge in [0.2, 0.25) is 0 Å². The molecule has 2 aromatic rings. The maximum absolute atomic E-state index is 12.2. The summed E-state index contributed by atoms with van der Waals surface area (Å²) in [4.78, 5) is 17.3. The van der Waals surface area contributed by atoms with Crippen LogP contribution in [0.25, 0.3) is 10.6 Å². The van der Waals surface area contributed by atoms with Gasteiger partial charge in [-0.15, -0.1) is 11.3 Å². The third kappa shape index (κ3) is 4.11. The van der Waals surface area contributed by atoms with Crippen LogP contribution in [0.4, 0.5) is 0 Å². The van der Waals surface area contributed by atoms with Crippen molar-refractivity contribution in [1.29, 1.82) is 0 Å². The number of nitrogens with zero attached hydrogens (tertiary/aromatic N) is 1. The number of benzene rings is 1. The summed E-state index contributed by atoms with van der Waals surface area (Å²) in [5.41, 5.74) is 1.57. The van der Waals surface area contributed by atoms with Gasteiger partial charge in [-0.05, 0) is 25.1 Å². The molecule has 0 saturated carbocycles. The molecule has 0 bridgehead atoms. The number of hydrogen-bond acceptors (Lipinski definition) is 5. The lowest BCUT2D eigenvalue weighted by Gasteiger charge is -2.08. The van der Waals surface area contributed by atoms with Gasteiger partial charge in [-0.3, -0.25) is 4.79 Å². The minimum absolute atomic E-state index is 0.160. The van der Waals surface area contributed by atoms with Crippen molar-refractivity contribution >= 4 is 33.2 Å². The summed E-state index contributed by atoms with van der Waals surface area (Å²) < 4.78 is 11.3. The van der Waals surface area contributed by atoms with E-state index in [0.29, 0.717) is 33.1 Å². The maximum atomic E-state index is 12.2. The molecule has 5 nitrogen and oxygen atoms in total. The van der Waals surface area contributed by atoms with Gasteiger partial charge in [0.05, 0.1) is 19.9 Å². The number of nitrogens with one attached hydrogen (secondary N) is 1. The fraction of sp³-hybridized carbons (Fsp3) is 0.250. The summed E-state index contributed by atoms with van der Waals surface area (Å²) in [6, 6.07) is 5.56. The van der Waals surface area contributed by atoms with Crippen molar-refractivity contribution in [1.82, 2.24) is 10.3 Å². The van der Waals surface area contributed by atoms with Crippen LogP contribution in [0.2, 0.25) is 0 Å². The molecule has 23 heavy (non-hydrogen) atoms. The number of amides is 1. The summed E-state index contributed by atoms with van der Waals surface area (Å²) in [5.74, 6) is 1.12. The average molecular weight is 397 g/mol. The first-order valence-corrected chi connectivity index (χ1v) is 8.38. The molecule has 1 amide bonds. The van der Waals surface area contributed by atoms with Crippen molar-refractivity contribution in [2.75, 3.05) is 20.8 Å². The fourth-order valence-corrected chi connectivity index (χ4v) is 3.08. The Balaban J connectivity index is 2.30. The highest BCUT2D eigenvalue weighted by atomic mass is 79.9. The first-order valence-electron chi connectivity index (χ1n) is 6.77. The lowest BCUT2D eigenvalue weighted by Crippen LogP contribution is -2.24. The molecule has 0 aliphatic rings. The average Bonchev–Trinajstić information content (AvgIpc) is 2.93. The van der Waals surface area contributed by atoms with Gasteiger partial charge in [-0.1, -0.05) is 22.5 Å². The third-order valence-corrected chi connectivity index (χ3v) is 4.56. The fourth-order valence-electron chi connectivity index (χ4n) is 1.96. The molecular formula is C16H17BrN2O3S. The van der Waals surface area contributed by atoms with E-state index >= 15 is 0 Å². The van der Waals surface area contributed by atoms with Crippen LogP contribution in [0, 0.1) is 6.92 Å². The maximum Gasteiger partial charge on any atom is 0.263 e. The largest absolute Gasteiger partial charge is 0.493 e. The Hall–Kier alpha value is -1.86. The van der Waals surface area contributed by atoms with Crippen molar-refractivity contribution in [2.24, 2.45) is 0 Å². The SMILES string of the molecule is C=C(Br)CNC(=O)c1sc(-c2ccc(OC)c(OC)c2)nc1C. The van der Waals surface area contributed by atoms with Crippen LogP contribution in [0.1, 0.15) is 15.4 Å². The Kier molecular flexibility index (Phi) is 5.79. The van der Waals surface area contributed by atoms with Crippen LogP contribution >= 0.6 is 27.3 Å². The predicted molar refractivity (Wildman–Crippen MR) is 95.8 cm³/mol. The quantitative estimate of drug-likeness (QED) is 0.806. The van der Waals surface area contributed by atoms with E-state index in [0.717, 1.165) is 10.6 Å². The van der Waals surface area contributed by atoms with Crippen molar-refractivity contribution in [3.05, 3.63) is 39.8 Å². The van der Waals surface area contributed by atoms with Gasteiger partial charge in [-0.2, -0.15) is 0 Å². The summed E-state index contributed by atoms with van der Waals surface area (Å²) in [6.07, 6.45) is 0. The summed E-state index contributed by atoms with van der Waals surface area (Å²) >= 11 is 4.56. The normalized spacial score (nSPS) is 10.3. The number of rotatable bonds is 6. The number of thiazole rings is 1. The first kappa shape index (κ1) is 17.5. The lowest BCUT2D eigenvalue weighted by molar-refractivity contribution is 0.0961. The molecule has 0 saturated heterocycles. The zero-order valence-electron chi connectivity index (χ0n) is 13.1. The summed E-state index contributed by atoms with van der Waals surface area (Å²) in [6.45, 7) is 5.89. The number of ether oxygens (including phenoxy) is 2. The van der Waals surface area contributed by atoms with E-state index < -0.39 is 0 Å². The van der Waals surface area contributed by atoms with Gasteiger partial charge in [0.15, 0.2) is 11.5 Å². The minimum Gasteiger partial charge on any atom is -0.493 e. The molecule has 0 spiro atoms. The molecule has 122 valence electrons. The number of carbonyl (C=O) groups is 1. The van der Waals surface area contributed by atoms with Crippen LogP contribution in [0.15, 0.2) is 29.3 Å². The van der Waals surface area contributed by atoms with E-state index in [4.69, 9.17) is 9.47 Å². The van der Waals surface area contributed by atoms with Gasteiger partial charge in [-0.25, -0.2) is 4.98 Å². The van der Waals surface area contributed by atoms with Crippen LogP contribution in [-0.4, -0.2) is 31.7 Å². The first-order chi connectivity index (χ1) is 11.0. The van der Waals surface area contributed by atoms with Crippen LogP contribution in [-0.2, 0) is 0 Å². The van der Waals surface area contributed by atoms with E-state index in [9.17, 15) is 4.79 Å². The molecule has 7 heteroatoms.